The first-order valence-electron chi connectivity index (χ1n) is 8.63. The molecule has 0 saturated carbocycles. The van der Waals surface area contributed by atoms with E-state index in [0.717, 1.165) is 30.7 Å². The predicted octanol–water partition coefficient (Wildman–Crippen LogP) is 2.87. The number of anilines is 1. The van der Waals surface area contributed by atoms with Gasteiger partial charge in [-0.3, -0.25) is 4.79 Å². The molecule has 2 aromatic rings. The Bertz CT molecular complexity index is 703. The van der Waals surface area contributed by atoms with E-state index in [1.807, 2.05) is 14.1 Å². The van der Waals surface area contributed by atoms with Crippen LogP contribution >= 0.6 is 0 Å². The summed E-state index contributed by atoms with van der Waals surface area (Å²) < 4.78 is 10.8. The number of hydrogen-bond donors (Lipinski definition) is 0. The van der Waals surface area contributed by atoms with E-state index in [9.17, 15) is 4.79 Å². The van der Waals surface area contributed by atoms with E-state index in [4.69, 9.17) is 9.26 Å². The van der Waals surface area contributed by atoms with Crippen LogP contribution in [0.5, 0.6) is 0 Å². The van der Waals surface area contributed by atoms with Crippen LogP contribution in [0.25, 0.3) is 0 Å². The average Bonchev–Trinajstić information content (AvgIpc) is 3.26. The molecule has 1 aromatic carbocycles. The van der Waals surface area contributed by atoms with E-state index in [2.05, 4.69) is 34.3 Å². The van der Waals surface area contributed by atoms with Gasteiger partial charge in [-0.1, -0.05) is 17.3 Å². The van der Waals surface area contributed by atoms with Crippen molar-refractivity contribution in [3.63, 3.8) is 0 Å². The zero-order valence-electron chi connectivity index (χ0n) is 15.1. The summed E-state index contributed by atoms with van der Waals surface area (Å²) in [4.78, 5) is 16.7. The number of amides is 1. The van der Waals surface area contributed by atoms with Crippen molar-refractivity contribution in [3.8, 4) is 0 Å². The largest absolute Gasteiger partial charge is 0.378 e. The van der Waals surface area contributed by atoms with E-state index in [1.165, 1.54) is 0 Å². The number of aryl methyl sites for hydroxylation is 1. The Morgan fingerprint density at radius 2 is 2.04 bits per heavy atom. The predicted molar refractivity (Wildman–Crippen MR) is 95.7 cm³/mol. The van der Waals surface area contributed by atoms with Crippen LogP contribution in [0, 0.1) is 6.92 Å². The first-order valence-corrected chi connectivity index (χ1v) is 8.63. The van der Waals surface area contributed by atoms with Gasteiger partial charge < -0.3 is 19.1 Å². The van der Waals surface area contributed by atoms with Crippen molar-refractivity contribution in [1.29, 1.82) is 0 Å². The average molecular weight is 343 g/mol. The summed E-state index contributed by atoms with van der Waals surface area (Å²) in [7, 11) is 4.02. The van der Waals surface area contributed by atoms with Gasteiger partial charge in [0.2, 0.25) is 0 Å². The molecule has 1 atom stereocenters. The molecule has 0 radical (unpaired) electrons. The Balaban J connectivity index is 1.76. The van der Waals surface area contributed by atoms with Gasteiger partial charge >= 0.3 is 0 Å². The topological polar surface area (TPSA) is 58.8 Å². The summed E-state index contributed by atoms with van der Waals surface area (Å²) in [5.41, 5.74) is 2.56. The van der Waals surface area contributed by atoms with E-state index in [-0.39, 0.29) is 12.0 Å². The minimum Gasteiger partial charge on any atom is -0.378 e. The third kappa shape index (κ3) is 4.39. The van der Waals surface area contributed by atoms with Gasteiger partial charge in [0.05, 0.1) is 6.10 Å². The molecule has 6 nitrogen and oxygen atoms in total. The molecule has 1 fully saturated rings. The fourth-order valence-corrected chi connectivity index (χ4v) is 3.00. The summed E-state index contributed by atoms with van der Waals surface area (Å²) in [6.07, 6.45) is 2.13. The highest BCUT2D eigenvalue weighted by Gasteiger charge is 2.25. The van der Waals surface area contributed by atoms with Gasteiger partial charge in [-0.05, 0) is 37.5 Å². The van der Waals surface area contributed by atoms with Crippen LogP contribution in [0.1, 0.15) is 34.7 Å². The molecule has 0 aliphatic carbocycles. The number of nitrogens with zero attached hydrogens (tertiary/aromatic N) is 3. The van der Waals surface area contributed by atoms with Gasteiger partial charge in [-0.25, -0.2) is 0 Å². The fourth-order valence-electron chi connectivity index (χ4n) is 3.00. The highest BCUT2D eigenvalue weighted by atomic mass is 16.5. The Kier molecular flexibility index (Phi) is 5.38. The molecule has 1 aliphatic heterocycles. The smallest absolute Gasteiger partial charge is 0.276 e. The summed E-state index contributed by atoms with van der Waals surface area (Å²) in [6, 6.07) is 9.91. The Morgan fingerprint density at radius 3 is 2.60 bits per heavy atom. The number of carbonyl (C=O) groups is 1. The van der Waals surface area contributed by atoms with Gasteiger partial charge in [-0.2, -0.15) is 0 Å². The summed E-state index contributed by atoms with van der Waals surface area (Å²) in [5.74, 6) is 0.514. The van der Waals surface area contributed by atoms with E-state index < -0.39 is 0 Å². The number of hydrogen-bond acceptors (Lipinski definition) is 5. The Hall–Kier alpha value is -2.34. The Morgan fingerprint density at radius 1 is 1.28 bits per heavy atom. The van der Waals surface area contributed by atoms with E-state index in [0.29, 0.717) is 24.5 Å². The van der Waals surface area contributed by atoms with Crippen molar-refractivity contribution < 1.29 is 14.1 Å². The summed E-state index contributed by atoms with van der Waals surface area (Å²) in [5, 5.41) is 3.88. The second-order valence-corrected chi connectivity index (χ2v) is 6.70. The van der Waals surface area contributed by atoms with Gasteiger partial charge in [0, 0.05) is 45.5 Å². The van der Waals surface area contributed by atoms with Crippen molar-refractivity contribution in [3.05, 3.63) is 47.3 Å². The number of rotatable bonds is 6. The molecule has 1 saturated heterocycles. The van der Waals surface area contributed by atoms with Gasteiger partial charge in [0.25, 0.3) is 5.91 Å². The first kappa shape index (κ1) is 17.5. The fraction of sp³-hybridized carbons (Fsp3) is 0.474. The maximum Gasteiger partial charge on any atom is 0.276 e. The van der Waals surface area contributed by atoms with E-state index in [1.54, 1.807) is 17.9 Å². The maximum absolute atomic E-state index is 12.9. The van der Waals surface area contributed by atoms with Crippen molar-refractivity contribution >= 4 is 11.6 Å². The quantitative estimate of drug-likeness (QED) is 0.807. The molecular formula is C19H25N3O3. The molecule has 1 aliphatic rings. The molecule has 0 spiro atoms. The van der Waals surface area contributed by atoms with Crippen molar-refractivity contribution in [2.24, 2.45) is 0 Å². The molecule has 2 heterocycles. The molecule has 3 rings (SSSR count). The van der Waals surface area contributed by atoms with E-state index >= 15 is 0 Å². The molecule has 1 amide bonds. The first-order chi connectivity index (χ1) is 12.0. The normalized spacial score (nSPS) is 16.8. The number of ether oxygens (including phenoxy) is 1. The standard InChI is InChI=1S/C19H25N3O3/c1-14-11-18(20-25-14)19(23)22(13-17-5-4-10-24-17)12-15-6-8-16(9-7-15)21(2)3/h6-9,11,17H,4-5,10,12-13H2,1-3H3. The van der Waals surface area contributed by atoms with Crippen LogP contribution < -0.4 is 4.90 Å². The SMILES string of the molecule is Cc1cc(C(=O)N(Cc2ccc(N(C)C)cc2)CC2CCCO2)no1. The third-order valence-electron chi connectivity index (χ3n) is 4.41. The van der Waals surface area contributed by atoms with Crippen LogP contribution in [-0.4, -0.2) is 49.3 Å². The van der Waals surface area contributed by atoms with Crippen LogP contribution in [0.4, 0.5) is 5.69 Å². The maximum atomic E-state index is 12.9. The lowest BCUT2D eigenvalue weighted by Crippen LogP contribution is -2.37. The molecule has 0 bridgehead atoms. The lowest BCUT2D eigenvalue weighted by atomic mass is 10.1. The minimum atomic E-state index is -0.121. The minimum absolute atomic E-state index is 0.0954. The molecule has 0 N–H and O–H groups in total. The molecule has 134 valence electrons. The van der Waals surface area contributed by atoms with Crippen molar-refractivity contribution in [1.82, 2.24) is 10.1 Å². The number of benzene rings is 1. The van der Waals surface area contributed by atoms with Gasteiger partial charge in [0.1, 0.15) is 5.76 Å². The number of carbonyl (C=O) groups excluding carboxylic acids is 1. The second kappa shape index (κ2) is 7.70. The van der Waals surface area contributed by atoms with Crippen molar-refractivity contribution in [2.75, 3.05) is 32.1 Å². The molecule has 6 heteroatoms. The van der Waals surface area contributed by atoms with Crippen LogP contribution in [-0.2, 0) is 11.3 Å². The van der Waals surface area contributed by atoms with Gasteiger partial charge in [-0.15, -0.1) is 0 Å². The monoisotopic (exact) mass is 343 g/mol. The van der Waals surface area contributed by atoms with Crippen LogP contribution in [0.15, 0.2) is 34.9 Å². The molecule has 25 heavy (non-hydrogen) atoms. The zero-order valence-corrected chi connectivity index (χ0v) is 15.1. The molecule has 1 unspecified atom stereocenters. The zero-order chi connectivity index (χ0) is 17.8. The molecule has 1 aromatic heterocycles. The Labute approximate surface area is 148 Å². The second-order valence-electron chi connectivity index (χ2n) is 6.70. The summed E-state index contributed by atoms with van der Waals surface area (Å²) in [6.45, 7) is 3.65. The highest BCUT2D eigenvalue weighted by molar-refractivity contribution is 5.92. The third-order valence-corrected chi connectivity index (χ3v) is 4.41. The van der Waals surface area contributed by atoms with Gasteiger partial charge in [0.15, 0.2) is 5.69 Å². The lowest BCUT2D eigenvalue weighted by molar-refractivity contribution is 0.0499. The molecular weight excluding hydrogens is 318 g/mol. The number of aromatic nitrogens is 1. The lowest BCUT2D eigenvalue weighted by Gasteiger charge is -2.25. The van der Waals surface area contributed by atoms with Crippen molar-refractivity contribution in [2.45, 2.75) is 32.4 Å². The van der Waals surface area contributed by atoms with Crippen LogP contribution in [0.2, 0.25) is 0 Å². The van der Waals surface area contributed by atoms with Crippen LogP contribution in [0.3, 0.4) is 0 Å². The summed E-state index contributed by atoms with van der Waals surface area (Å²) >= 11 is 0. The highest BCUT2D eigenvalue weighted by Crippen LogP contribution is 2.19.